The van der Waals surface area contributed by atoms with Gasteiger partial charge in [-0.15, -0.1) is 0 Å². The topological polar surface area (TPSA) is 75.7 Å². The lowest BCUT2D eigenvalue weighted by Crippen LogP contribution is -2.36. The number of nitrogens with zero attached hydrogens (tertiary/aromatic N) is 1. The number of hydrogen-bond donors (Lipinski definition) is 1. The molecule has 0 unspecified atom stereocenters. The number of carbonyl (C=O) groups excluding carboxylic acids is 3. The number of amides is 2. The molecule has 0 aromatic heterocycles. The molecule has 0 aliphatic carbocycles. The zero-order chi connectivity index (χ0) is 19.9. The number of rotatable bonds is 5. The first kappa shape index (κ1) is 19.9. The third-order valence-electron chi connectivity index (χ3n) is 4.45. The highest BCUT2D eigenvalue weighted by atomic mass is 35.5. The normalized spacial score (nSPS) is 14.3. The van der Waals surface area contributed by atoms with Crippen LogP contribution in [0.2, 0.25) is 5.02 Å². The predicted octanol–water partition coefficient (Wildman–Crippen LogP) is 3.90. The van der Waals surface area contributed by atoms with Crippen molar-refractivity contribution in [3.05, 3.63) is 59.1 Å². The summed E-state index contributed by atoms with van der Waals surface area (Å²) in [5, 5.41) is 3.11. The lowest BCUT2D eigenvalue weighted by molar-refractivity contribution is -0.142. The molecule has 1 aliphatic rings. The molecule has 6 nitrogen and oxygen atoms in total. The van der Waals surface area contributed by atoms with Gasteiger partial charge >= 0.3 is 5.97 Å². The molecule has 1 aliphatic heterocycles. The Kier molecular flexibility index (Phi) is 6.66. The van der Waals surface area contributed by atoms with Gasteiger partial charge in [0.2, 0.25) is 5.91 Å². The van der Waals surface area contributed by atoms with Gasteiger partial charge in [0.1, 0.15) is 12.3 Å². The monoisotopic (exact) mass is 400 g/mol. The summed E-state index contributed by atoms with van der Waals surface area (Å²) in [4.78, 5) is 37.9. The van der Waals surface area contributed by atoms with E-state index in [0.717, 1.165) is 19.3 Å². The quantitative estimate of drug-likeness (QED) is 0.610. The van der Waals surface area contributed by atoms with E-state index in [1.54, 1.807) is 53.4 Å². The molecule has 0 spiro atoms. The summed E-state index contributed by atoms with van der Waals surface area (Å²) in [5.41, 5.74) is 0.925. The molecule has 146 valence electrons. The van der Waals surface area contributed by atoms with Crippen LogP contribution in [-0.4, -0.2) is 35.8 Å². The zero-order valence-corrected chi connectivity index (χ0v) is 16.1. The van der Waals surface area contributed by atoms with Crippen molar-refractivity contribution in [2.75, 3.05) is 18.4 Å². The van der Waals surface area contributed by atoms with Crippen molar-refractivity contribution in [3.8, 4) is 5.75 Å². The highest BCUT2D eigenvalue weighted by Crippen LogP contribution is 2.20. The first-order chi connectivity index (χ1) is 13.5. The number of anilines is 1. The molecule has 7 heteroatoms. The standard InChI is InChI=1S/C21H21ClN2O4/c22-18-7-4-3-6-17(18)21(27)23-15-9-11-16(12-10-15)28-20(26)14-24-13-5-1-2-8-19(24)25/h3-4,6-7,9-12H,1-2,5,8,13-14H2,(H,23,27). The van der Waals surface area contributed by atoms with Crippen LogP contribution in [-0.2, 0) is 9.59 Å². The van der Waals surface area contributed by atoms with Crippen LogP contribution in [0.4, 0.5) is 5.69 Å². The van der Waals surface area contributed by atoms with E-state index in [1.165, 1.54) is 0 Å². The van der Waals surface area contributed by atoms with Gasteiger partial charge in [-0.3, -0.25) is 9.59 Å². The Labute approximate surface area is 168 Å². The molecule has 0 radical (unpaired) electrons. The van der Waals surface area contributed by atoms with E-state index in [-0.39, 0.29) is 18.4 Å². The van der Waals surface area contributed by atoms with Crippen LogP contribution in [0.5, 0.6) is 5.75 Å². The average molecular weight is 401 g/mol. The number of carbonyl (C=O) groups is 3. The predicted molar refractivity (Wildman–Crippen MR) is 107 cm³/mol. The highest BCUT2D eigenvalue weighted by Gasteiger charge is 2.20. The maximum Gasteiger partial charge on any atom is 0.331 e. The summed E-state index contributed by atoms with van der Waals surface area (Å²) in [6, 6.07) is 13.2. The first-order valence-corrected chi connectivity index (χ1v) is 9.55. The van der Waals surface area contributed by atoms with E-state index >= 15 is 0 Å². The van der Waals surface area contributed by atoms with Gasteiger partial charge in [0, 0.05) is 18.7 Å². The average Bonchev–Trinajstić information content (AvgIpc) is 2.88. The van der Waals surface area contributed by atoms with Crippen molar-refractivity contribution < 1.29 is 19.1 Å². The molecule has 0 bridgehead atoms. The van der Waals surface area contributed by atoms with E-state index in [4.69, 9.17) is 16.3 Å². The van der Waals surface area contributed by atoms with Crippen LogP contribution in [0.1, 0.15) is 36.0 Å². The molecular formula is C21H21ClN2O4. The van der Waals surface area contributed by atoms with Gasteiger partial charge in [0.25, 0.3) is 5.91 Å². The van der Waals surface area contributed by atoms with Crippen LogP contribution in [0.25, 0.3) is 0 Å². The Morgan fingerprint density at radius 1 is 1.04 bits per heavy atom. The number of hydrogen-bond acceptors (Lipinski definition) is 4. The molecule has 2 amide bonds. The fourth-order valence-corrected chi connectivity index (χ4v) is 3.20. The summed E-state index contributed by atoms with van der Waals surface area (Å²) in [7, 11) is 0. The molecule has 28 heavy (non-hydrogen) atoms. The maximum absolute atomic E-state index is 12.3. The van der Waals surface area contributed by atoms with Crippen LogP contribution >= 0.6 is 11.6 Å². The number of esters is 1. The smallest absolute Gasteiger partial charge is 0.331 e. The van der Waals surface area contributed by atoms with E-state index in [0.29, 0.717) is 35.0 Å². The van der Waals surface area contributed by atoms with Gasteiger partial charge in [-0.25, -0.2) is 4.79 Å². The second-order valence-electron chi connectivity index (χ2n) is 6.56. The summed E-state index contributed by atoms with van der Waals surface area (Å²) >= 11 is 6.02. The fraction of sp³-hybridized carbons (Fsp3) is 0.286. The van der Waals surface area contributed by atoms with Crippen molar-refractivity contribution in [2.45, 2.75) is 25.7 Å². The highest BCUT2D eigenvalue weighted by molar-refractivity contribution is 6.34. The van der Waals surface area contributed by atoms with E-state index < -0.39 is 5.97 Å². The van der Waals surface area contributed by atoms with Crippen molar-refractivity contribution in [3.63, 3.8) is 0 Å². The summed E-state index contributed by atoms with van der Waals surface area (Å²) in [5.74, 6) is -0.465. The molecule has 1 heterocycles. The molecule has 3 rings (SSSR count). The van der Waals surface area contributed by atoms with Gasteiger partial charge in [0.15, 0.2) is 0 Å². The SMILES string of the molecule is O=C(CN1CCCCCC1=O)Oc1ccc(NC(=O)c2ccccc2Cl)cc1. The molecule has 0 saturated carbocycles. The summed E-state index contributed by atoms with van der Waals surface area (Å²) < 4.78 is 5.30. The third kappa shape index (κ3) is 5.33. The summed E-state index contributed by atoms with van der Waals surface area (Å²) in [6.45, 7) is 0.533. The van der Waals surface area contributed by atoms with Gasteiger partial charge in [-0.1, -0.05) is 30.2 Å². The fourth-order valence-electron chi connectivity index (χ4n) is 2.98. The second kappa shape index (κ2) is 9.37. The molecular weight excluding hydrogens is 380 g/mol. The third-order valence-corrected chi connectivity index (χ3v) is 4.78. The van der Waals surface area contributed by atoms with Crippen molar-refractivity contribution >= 4 is 35.1 Å². The Morgan fingerprint density at radius 2 is 1.79 bits per heavy atom. The second-order valence-corrected chi connectivity index (χ2v) is 6.97. The van der Waals surface area contributed by atoms with E-state index in [2.05, 4.69) is 5.32 Å². The van der Waals surface area contributed by atoms with E-state index in [9.17, 15) is 14.4 Å². The minimum Gasteiger partial charge on any atom is -0.425 e. The number of likely N-dealkylation sites (tertiary alicyclic amines) is 1. The Bertz CT molecular complexity index is 867. The lowest BCUT2D eigenvalue weighted by atomic mass is 10.2. The van der Waals surface area contributed by atoms with Crippen molar-refractivity contribution in [1.29, 1.82) is 0 Å². The van der Waals surface area contributed by atoms with Crippen LogP contribution < -0.4 is 10.1 Å². The number of benzene rings is 2. The molecule has 2 aromatic carbocycles. The Hall–Kier alpha value is -2.86. The van der Waals surface area contributed by atoms with Gasteiger partial charge in [-0.2, -0.15) is 0 Å². The Balaban J connectivity index is 1.55. The minimum absolute atomic E-state index is 0.00733. The Morgan fingerprint density at radius 3 is 2.54 bits per heavy atom. The molecule has 1 fully saturated rings. The number of ether oxygens (including phenoxy) is 1. The van der Waals surface area contributed by atoms with Gasteiger partial charge in [-0.05, 0) is 49.2 Å². The molecule has 2 aromatic rings. The first-order valence-electron chi connectivity index (χ1n) is 9.17. The zero-order valence-electron chi connectivity index (χ0n) is 15.3. The lowest BCUT2D eigenvalue weighted by Gasteiger charge is -2.19. The maximum atomic E-state index is 12.3. The summed E-state index contributed by atoms with van der Waals surface area (Å²) in [6.07, 6.45) is 3.25. The van der Waals surface area contributed by atoms with Crippen molar-refractivity contribution in [1.82, 2.24) is 4.90 Å². The van der Waals surface area contributed by atoms with Crippen LogP contribution in [0.15, 0.2) is 48.5 Å². The van der Waals surface area contributed by atoms with Gasteiger partial charge in [0.05, 0.1) is 10.6 Å². The van der Waals surface area contributed by atoms with E-state index in [1.807, 2.05) is 0 Å². The number of nitrogens with one attached hydrogen (secondary N) is 1. The largest absolute Gasteiger partial charge is 0.425 e. The number of halogens is 1. The van der Waals surface area contributed by atoms with Crippen LogP contribution in [0.3, 0.4) is 0 Å². The van der Waals surface area contributed by atoms with Crippen LogP contribution in [0, 0.1) is 0 Å². The molecule has 1 saturated heterocycles. The van der Waals surface area contributed by atoms with Gasteiger partial charge < -0.3 is 15.0 Å². The molecule has 0 atom stereocenters. The minimum atomic E-state index is -0.483. The molecule has 1 N–H and O–H groups in total. The van der Waals surface area contributed by atoms with Crippen molar-refractivity contribution in [2.24, 2.45) is 0 Å².